The first-order valence-electron chi connectivity index (χ1n) is 10.4. The van der Waals surface area contributed by atoms with Gasteiger partial charge in [0, 0.05) is 42.0 Å². The number of carbonyl (C=O) groups is 2. The molecule has 8 nitrogen and oxygen atoms in total. The summed E-state index contributed by atoms with van der Waals surface area (Å²) in [5.74, 6) is -0.510. The fourth-order valence-corrected chi connectivity index (χ4v) is 5.64. The number of phenolic OH excluding ortho intramolecular Hbond substituents is 1. The first kappa shape index (κ1) is 21.4. The minimum atomic E-state index is -0.260. The van der Waals surface area contributed by atoms with Crippen LogP contribution in [0.4, 0.5) is 0 Å². The van der Waals surface area contributed by atoms with Crippen LogP contribution in [0.15, 0.2) is 58.3 Å². The molecule has 4 aromatic rings. The van der Waals surface area contributed by atoms with Crippen LogP contribution in [-0.4, -0.2) is 62.5 Å². The van der Waals surface area contributed by atoms with Crippen molar-refractivity contribution in [3.8, 4) is 16.2 Å². The molecular weight excluding hydrogens is 460 g/mol. The zero-order valence-corrected chi connectivity index (χ0v) is 19.1. The molecule has 3 aromatic heterocycles. The number of rotatable bonds is 4. The minimum absolute atomic E-state index is 0.0568. The van der Waals surface area contributed by atoms with Crippen LogP contribution < -0.4 is 5.56 Å². The van der Waals surface area contributed by atoms with Gasteiger partial charge in [0.15, 0.2) is 0 Å². The molecule has 0 unspecified atom stereocenters. The van der Waals surface area contributed by atoms with E-state index in [-0.39, 0.29) is 35.2 Å². The molecule has 1 N–H and O–H groups in total. The third-order valence-electron chi connectivity index (χ3n) is 5.71. The number of aromatic nitrogens is 2. The molecule has 10 heteroatoms. The van der Waals surface area contributed by atoms with E-state index in [9.17, 15) is 19.5 Å². The van der Waals surface area contributed by atoms with Crippen molar-refractivity contribution >= 4 is 44.7 Å². The molecule has 0 bridgehead atoms. The highest BCUT2D eigenvalue weighted by molar-refractivity contribution is 7.18. The van der Waals surface area contributed by atoms with Gasteiger partial charge in [-0.25, -0.2) is 4.98 Å². The molecule has 1 aliphatic rings. The third kappa shape index (κ3) is 4.03. The van der Waals surface area contributed by atoms with E-state index in [1.165, 1.54) is 28.3 Å². The second-order valence-electron chi connectivity index (χ2n) is 7.67. The van der Waals surface area contributed by atoms with Crippen LogP contribution in [0.2, 0.25) is 0 Å². The summed E-state index contributed by atoms with van der Waals surface area (Å²) >= 11 is 2.97. The maximum atomic E-state index is 13.1. The number of carbonyl (C=O) groups excluding carboxylic acids is 2. The van der Waals surface area contributed by atoms with Gasteiger partial charge in [-0.15, -0.1) is 22.7 Å². The number of nitrogens with zero attached hydrogens (tertiary/aromatic N) is 4. The molecule has 0 spiro atoms. The topological polar surface area (TPSA) is 95.7 Å². The highest BCUT2D eigenvalue weighted by Crippen LogP contribution is 2.33. The van der Waals surface area contributed by atoms with Crippen molar-refractivity contribution in [2.45, 2.75) is 6.54 Å². The Kier molecular flexibility index (Phi) is 5.69. The number of phenols is 1. The number of hydrogen-bond donors (Lipinski definition) is 1. The first-order valence-corrected chi connectivity index (χ1v) is 12.1. The van der Waals surface area contributed by atoms with Crippen LogP contribution in [0.1, 0.15) is 10.4 Å². The highest BCUT2D eigenvalue weighted by atomic mass is 32.1. The van der Waals surface area contributed by atoms with E-state index in [4.69, 9.17) is 0 Å². The van der Waals surface area contributed by atoms with Crippen molar-refractivity contribution in [3.05, 3.63) is 69.4 Å². The Balaban J connectivity index is 1.29. The molecule has 1 aliphatic heterocycles. The molecule has 4 heterocycles. The van der Waals surface area contributed by atoms with Crippen molar-refractivity contribution in [2.75, 3.05) is 26.2 Å². The van der Waals surface area contributed by atoms with Gasteiger partial charge >= 0.3 is 0 Å². The monoisotopic (exact) mass is 480 g/mol. The number of hydrogen-bond acceptors (Lipinski definition) is 7. The number of aromatic hydroxyl groups is 1. The summed E-state index contributed by atoms with van der Waals surface area (Å²) in [5, 5.41) is 14.4. The predicted octanol–water partition coefficient (Wildman–Crippen LogP) is 2.88. The van der Waals surface area contributed by atoms with Crippen LogP contribution in [0, 0.1) is 0 Å². The summed E-state index contributed by atoms with van der Waals surface area (Å²) in [7, 11) is 0. The lowest BCUT2D eigenvalue weighted by molar-refractivity contribution is -0.133. The van der Waals surface area contributed by atoms with E-state index in [1.807, 2.05) is 22.9 Å². The number of piperazine rings is 1. The van der Waals surface area contributed by atoms with Crippen LogP contribution >= 0.6 is 22.7 Å². The molecule has 1 saturated heterocycles. The van der Waals surface area contributed by atoms with Crippen molar-refractivity contribution < 1.29 is 14.7 Å². The summed E-state index contributed by atoms with van der Waals surface area (Å²) in [6.07, 6.45) is 1.43. The van der Waals surface area contributed by atoms with Gasteiger partial charge in [-0.1, -0.05) is 18.2 Å². The Morgan fingerprint density at radius 2 is 1.76 bits per heavy atom. The van der Waals surface area contributed by atoms with E-state index >= 15 is 0 Å². The van der Waals surface area contributed by atoms with Gasteiger partial charge in [-0.05, 0) is 23.6 Å². The lowest BCUT2D eigenvalue weighted by Gasteiger charge is -2.35. The van der Waals surface area contributed by atoms with Crippen LogP contribution in [0.3, 0.4) is 0 Å². The molecular formula is C23H20N4O4S2. The fraction of sp³-hybridized carbons (Fsp3) is 0.217. The Morgan fingerprint density at radius 3 is 2.48 bits per heavy atom. The maximum Gasteiger partial charge on any atom is 0.263 e. The average Bonchev–Trinajstić information content (AvgIpc) is 3.51. The van der Waals surface area contributed by atoms with E-state index in [0.717, 1.165) is 10.4 Å². The van der Waals surface area contributed by atoms with Crippen LogP contribution in [-0.2, 0) is 11.3 Å². The lowest BCUT2D eigenvalue weighted by atomic mass is 10.1. The number of amides is 2. The van der Waals surface area contributed by atoms with Crippen LogP contribution in [0.5, 0.6) is 5.75 Å². The molecule has 0 saturated carbocycles. The van der Waals surface area contributed by atoms with E-state index in [0.29, 0.717) is 36.4 Å². The number of thiophene rings is 2. The summed E-state index contributed by atoms with van der Waals surface area (Å²) in [4.78, 5) is 48.0. The molecule has 0 aliphatic carbocycles. The number of para-hydroxylation sites is 1. The number of benzene rings is 1. The van der Waals surface area contributed by atoms with Crippen molar-refractivity contribution in [3.63, 3.8) is 0 Å². The first-order chi connectivity index (χ1) is 16.0. The van der Waals surface area contributed by atoms with E-state index < -0.39 is 0 Å². The standard InChI is InChI=1S/C23H20N4O4S2/c28-17-5-2-1-4-15(17)22(30)26-9-7-25(8-10-26)19(29)12-27-14-24-21-20(23(27)31)16(13-33-21)18-6-3-11-32-18/h1-6,11,13-14,28H,7-10,12H2. The SMILES string of the molecule is O=C(Cn1cnc2scc(-c3cccs3)c2c1=O)N1CCN(C(=O)c2ccccc2O)CC1. The number of fused-ring (bicyclic) bond motifs is 1. The predicted molar refractivity (Wildman–Crippen MR) is 128 cm³/mol. The van der Waals surface area contributed by atoms with Crippen LogP contribution in [0.25, 0.3) is 20.7 Å². The second-order valence-corrected chi connectivity index (χ2v) is 9.48. The third-order valence-corrected chi connectivity index (χ3v) is 7.50. The van der Waals surface area contributed by atoms with Gasteiger partial charge < -0.3 is 14.9 Å². The van der Waals surface area contributed by atoms with Crippen molar-refractivity contribution in [1.29, 1.82) is 0 Å². The average molecular weight is 481 g/mol. The maximum absolute atomic E-state index is 13.1. The van der Waals surface area contributed by atoms with Gasteiger partial charge in [-0.3, -0.25) is 19.0 Å². The molecule has 1 aromatic carbocycles. The molecule has 168 valence electrons. The van der Waals surface area contributed by atoms with Gasteiger partial charge in [0.1, 0.15) is 17.1 Å². The molecule has 0 radical (unpaired) electrons. The Morgan fingerprint density at radius 1 is 1.00 bits per heavy atom. The summed E-state index contributed by atoms with van der Waals surface area (Å²) in [6.45, 7) is 1.34. The zero-order chi connectivity index (χ0) is 22.9. The van der Waals surface area contributed by atoms with Gasteiger partial charge in [0.2, 0.25) is 5.91 Å². The lowest BCUT2D eigenvalue weighted by Crippen LogP contribution is -2.51. The molecule has 1 fully saturated rings. The Hall–Kier alpha value is -3.50. The normalized spacial score (nSPS) is 14.1. The van der Waals surface area contributed by atoms with Gasteiger partial charge in [0.05, 0.1) is 17.3 Å². The van der Waals surface area contributed by atoms with Gasteiger partial charge in [-0.2, -0.15) is 0 Å². The molecule has 2 amide bonds. The molecule has 5 rings (SSSR count). The van der Waals surface area contributed by atoms with Gasteiger partial charge in [0.25, 0.3) is 11.5 Å². The Bertz CT molecular complexity index is 1390. The quantitative estimate of drug-likeness (QED) is 0.485. The van der Waals surface area contributed by atoms with E-state index in [2.05, 4.69) is 4.98 Å². The molecule has 0 atom stereocenters. The largest absolute Gasteiger partial charge is 0.507 e. The summed E-state index contributed by atoms with van der Waals surface area (Å²) in [6, 6.07) is 10.3. The van der Waals surface area contributed by atoms with Crippen molar-refractivity contribution in [2.24, 2.45) is 0 Å². The Labute approximate surface area is 197 Å². The summed E-state index contributed by atoms with van der Waals surface area (Å²) < 4.78 is 1.36. The minimum Gasteiger partial charge on any atom is -0.507 e. The van der Waals surface area contributed by atoms with E-state index in [1.54, 1.807) is 39.3 Å². The zero-order valence-electron chi connectivity index (χ0n) is 17.5. The summed E-state index contributed by atoms with van der Waals surface area (Å²) in [5.41, 5.74) is 0.868. The highest BCUT2D eigenvalue weighted by Gasteiger charge is 2.26. The smallest absolute Gasteiger partial charge is 0.263 e. The second kappa shape index (κ2) is 8.80. The molecule has 33 heavy (non-hydrogen) atoms. The fourth-order valence-electron chi connectivity index (χ4n) is 3.92. The van der Waals surface area contributed by atoms with Crippen molar-refractivity contribution in [1.82, 2.24) is 19.4 Å².